The summed E-state index contributed by atoms with van der Waals surface area (Å²) in [5.41, 5.74) is 0. The van der Waals surface area contributed by atoms with E-state index in [-0.39, 0.29) is 0 Å². The average Bonchev–Trinajstić information content (AvgIpc) is 2.78. The maximum atomic E-state index is 5.63. The van der Waals surface area contributed by atoms with E-state index < -0.39 is 0 Å². The van der Waals surface area contributed by atoms with Crippen LogP contribution in [0.2, 0.25) is 0 Å². The molecule has 1 heterocycles. The Bertz CT molecular complexity index is 155. The monoisotopic (exact) mass is 227 g/mol. The van der Waals surface area contributed by atoms with Crippen molar-refractivity contribution in [2.45, 2.75) is 64.9 Å². The smallest absolute Gasteiger partial charge is 0.0576 e. The predicted octanol–water partition coefficient (Wildman–Crippen LogP) is 3.36. The van der Waals surface area contributed by atoms with Gasteiger partial charge >= 0.3 is 0 Å². The Morgan fingerprint density at radius 1 is 1.38 bits per heavy atom. The molecular formula is C14H29NO. The van der Waals surface area contributed by atoms with Gasteiger partial charge in [-0.15, -0.1) is 0 Å². The minimum Gasteiger partial charge on any atom is -0.378 e. The molecule has 0 aliphatic carbocycles. The fourth-order valence-corrected chi connectivity index (χ4v) is 2.36. The lowest BCUT2D eigenvalue weighted by molar-refractivity contribution is 0.101. The Labute approximate surface area is 101 Å². The lowest BCUT2D eigenvalue weighted by Gasteiger charge is -2.13. The van der Waals surface area contributed by atoms with Crippen LogP contribution < -0.4 is 5.32 Å². The fourth-order valence-electron chi connectivity index (χ4n) is 2.36. The number of hydrogen-bond donors (Lipinski definition) is 1. The molecule has 1 rings (SSSR count). The van der Waals surface area contributed by atoms with Crippen LogP contribution in [0.15, 0.2) is 0 Å². The maximum absolute atomic E-state index is 5.63. The molecule has 1 N–H and O–H groups in total. The summed E-state index contributed by atoms with van der Waals surface area (Å²) in [5, 5.41) is 3.49. The Hall–Kier alpha value is -0.0800. The number of hydrogen-bond acceptors (Lipinski definition) is 2. The van der Waals surface area contributed by atoms with Crippen molar-refractivity contribution in [2.75, 3.05) is 19.7 Å². The van der Waals surface area contributed by atoms with E-state index in [1.807, 2.05) is 0 Å². The fraction of sp³-hybridized carbons (Fsp3) is 1.00. The molecule has 0 spiro atoms. The third kappa shape index (κ3) is 6.49. The van der Waals surface area contributed by atoms with Gasteiger partial charge in [-0.25, -0.2) is 0 Å². The van der Waals surface area contributed by atoms with Crippen LogP contribution in [0.25, 0.3) is 0 Å². The van der Waals surface area contributed by atoms with Gasteiger partial charge in [0.2, 0.25) is 0 Å². The first-order chi connectivity index (χ1) is 7.83. The van der Waals surface area contributed by atoms with Gasteiger partial charge in [0.05, 0.1) is 6.10 Å². The zero-order valence-electron chi connectivity index (χ0n) is 11.1. The van der Waals surface area contributed by atoms with E-state index >= 15 is 0 Å². The Morgan fingerprint density at radius 2 is 2.25 bits per heavy atom. The first-order valence-corrected chi connectivity index (χ1v) is 7.15. The molecule has 16 heavy (non-hydrogen) atoms. The van der Waals surface area contributed by atoms with Crippen molar-refractivity contribution in [3.05, 3.63) is 0 Å². The molecule has 0 saturated carbocycles. The van der Waals surface area contributed by atoms with Gasteiger partial charge in [-0.2, -0.15) is 0 Å². The molecule has 0 aromatic heterocycles. The van der Waals surface area contributed by atoms with Gasteiger partial charge in [-0.05, 0) is 51.1 Å². The highest BCUT2D eigenvalue weighted by molar-refractivity contribution is 4.65. The Balaban J connectivity index is 1.85. The van der Waals surface area contributed by atoms with E-state index in [9.17, 15) is 0 Å². The van der Waals surface area contributed by atoms with Crippen molar-refractivity contribution in [1.82, 2.24) is 5.32 Å². The maximum Gasteiger partial charge on any atom is 0.0576 e. The number of unbranched alkanes of at least 4 members (excludes halogenated alkanes) is 1. The lowest BCUT2D eigenvalue weighted by Crippen LogP contribution is -2.21. The van der Waals surface area contributed by atoms with Gasteiger partial charge in [0.25, 0.3) is 0 Å². The highest BCUT2D eigenvalue weighted by Gasteiger charge is 2.14. The van der Waals surface area contributed by atoms with Crippen LogP contribution in [0, 0.1) is 5.92 Å². The van der Waals surface area contributed by atoms with E-state index in [0.29, 0.717) is 6.10 Å². The molecule has 1 aliphatic rings. The molecule has 0 radical (unpaired) electrons. The first kappa shape index (κ1) is 14.0. The van der Waals surface area contributed by atoms with Crippen LogP contribution in [0.5, 0.6) is 0 Å². The lowest BCUT2D eigenvalue weighted by atomic mass is 10.0. The van der Waals surface area contributed by atoms with Gasteiger partial charge in [0, 0.05) is 6.61 Å². The highest BCUT2D eigenvalue weighted by Crippen LogP contribution is 2.19. The summed E-state index contributed by atoms with van der Waals surface area (Å²) in [4.78, 5) is 0. The summed E-state index contributed by atoms with van der Waals surface area (Å²) in [7, 11) is 0. The second-order valence-corrected chi connectivity index (χ2v) is 5.23. The Kier molecular flexibility index (Phi) is 7.87. The van der Waals surface area contributed by atoms with Crippen molar-refractivity contribution >= 4 is 0 Å². The molecule has 1 saturated heterocycles. The van der Waals surface area contributed by atoms with Crippen molar-refractivity contribution in [1.29, 1.82) is 0 Å². The highest BCUT2D eigenvalue weighted by atomic mass is 16.5. The van der Waals surface area contributed by atoms with Crippen LogP contribution in [-0.4, -0.2) is 25.8 Å². The zero-order chi connectivity index (χ0) is 11.6. The van der Waals surface area contributed by atoms with E-state index in [0.717, 1.165) is 12.5 Å². The Morgan fingerprint density at radius 3 is 2.94 bits per heavy atom. The van der Waals surface area contributed by atoms with E-state index in [4.69, 9.17) is 4.74 Å². The number of ether oxygens (including phenoxy) is 1. The van der Waals surface area contributed by atoms with Crippen LogP contribution in [0.3, 0.4) is 0 Å². The second kappa shape index (κ2) is 9.00. The average molecular weight is 227 g/mol. The van der Waals surface area contributed by atoms with E-state index in [1.54, 1.807) is 0 Å². The normalized spacial score (nSPS) is 22.5. The molecule has 1 fully saturated rings. The number of rotatable bonds is 9. The first-order valence-electron chi connectivity index (χ1n) is 7.15. The van der Waals surface area contributed by atoms with Crippen molar-refractivity contribution in [3.63, 3.8) is 0 Å². The van der Waals surface area contributed by atoms with Crippen LogP contribution >= 0.6 is 0 Å². The third-order valence-electron chi connectivity index (χ3n) is 3.42. The summed E-state index contributed by atoms with van der Waals surface area (Å²) in [6.45, 7) is 7.93. The van der Waals surface area contributed by atoms with Crippen molar-refractivity contribution < 1.29 is 4.74 Å². The van der Waals surface area contributed by atoms with Gasteiger partial charge in [-0.3, -0.25) is 0 Å². The van der Waals surface area contributed by atoms with Crippen molar-refractivity contribution in [2.24, 2.45) is 5.92 Å². The summed E-state index contributed by atoms with van der Waals surface area (Å²) in [6, 6.07) is 0. The molecule has 2 atom stereocenters. The molecular weight excluding hydrogens is 198 g/mol. The minimum absolute atomic E-state index is 0.591. The SMILES string of the molecule is CCCNCC(C)CCCCC1CCCO1. The predicted molar refractivity (Wildman–Crippen MR) is 69.8 cm³/mol. The van der Waals surface area contributed by atoms with Crippen LogP contribution in [-0.2, 0) is 4.74 Å². The molecule has 2 nitrogen and oxygen atoms in total. The van der Waals surface area contributed by atoms with Crippen molar-refractivity contribution in [3.8, 4) is 0 Å². The van der Waals surface area contributed by atoms with E-state index in [2.05, 4.69) is 19.2 Å². The molecule has 0 aromatic carbocycles. The summed E-state index contributed by atoms with van der Waals surface area (Å²) < 4.78 is 5.63. The van der Waals surface area contributed by atoms with Gasteiger partial charge in [0.1, 0.15) is 0 Å². The van der Waals surface area contributed by atoms with Gasteiger partial charge < -0.3 is 10.1 Å². The van der Waals surface area contributed by atoms with Gasteiger partial charge in [-0.1, -0.05) is 26.7 Å². The standard InChI is InChI=1S/C14H29NO/c1-3-10-15-12-13(2)7-4-5-8-14-9-6-11-16-14/h13-15H,3-12H2,1-2H3. The summed E-state index contributed by atoms with van der Waals surface area (Å²) in [5.74, 6) is 0.830. The van der Waals surface area contributed by atoms with Crippen LogP contribution in [0.4, 0.5) is 0 Å². The third-order valence-corrected chi connectivity index (χ3v) is 3.42. The second-order valence-electron chi connectivity index (χ2n) is 5.23. The molecule has 2 heteroatoms. The molecule has 1 aliphatic heterocycles. The molecule has 0 aromatic rings. The molecule has 2 unspecified atom stereocenters. The van der Waals surface area contributed by atoms with Crippen LogP contribution in [0.1, 0.15) is 58.8 Å². The van der Waals surface area contributed by atoms with E-state index in [1.165, 1.54) is 58.0 Å². The topological polar surface area (TPSA) is 21.3 Å². The molecule has 0 amide bonds. The summed E-state index contributed by atoms with van der Waals surface area (Å²) in [6.07, 6.45) is 9.78. The molecule has 96 valence electrons. The van der Waals surface area contributed by atoms with Gasteiger partial charge in [0.15, 0.2) is 0 Å². The minimum atomic E-state index is 0.591. The number of nitrogens with one attached hydrogen (secondary N) is 1. The zero-order valence-corrected chi connectivity index (χ0v) is 11.1. The summed E-state index contributed by atoms with van der Waals surface area (Å²) >= 11 is 0. The largest absolute Gasteiger partial charge is 0.378 e. The quantitative estimate of drug-likeness (QED) is 0.610. The molecule has 0 bridgehead atoms.